The van der Waals surface area contributed by atoms with Crippen molar-refractivity contribution in [3.8, 4) is 0 Å². The number of cyclic esters (lactones) is 1. The number of amides is 1. The maximum Gasteiger partial charge on any atom is 0.407 e. The van der Waals surface area contributed by atoms with Crippen LogP contribution in [-0.2, 0) is 44.4 Å². The SMILES string of the molecule is CC[C@H]1OC(=O)[C@H](C)[C@@H](OC(=O)NCCc2ccccc2Cl)[C@H](C)[C@@H](O[C@@H]2O[C@H](C)C[C@H](N(C)C)[C@H]2O)[C@](C)(OC)C[C@@H](C)C(=O)C[C@@H](OC)[C@]1(C)O. The van der Waals surface area contributed by atoms with E-state index >= 15 is 0 Å². The van der Waals surface area contributed by atoms with Crippen LogP contribution < -0.4 is 5.32 Å². The molecule has 2 fully saturated rings. The highest BCUT2D eigenvalue weighted by atomic mass is 35.5. The Morgan fingerprint density at radius 3 is 2.36 bits per heavy atom. The predicted octanol–water partition coefficient (Wildman–Crippen LogP) is 4.55. The number of likely N-dealkylation sites (N-methyl/N-ethyl adjacent to an activating group) is 1. The van der Waals surface area contributed by atoms with Crippen molar-refractivity contribution in [3.05, 3.63) is 34.9 Å². The minimum Gasteiger partial charge on any atom is -0.459 e. The van der Waals surface area contributed by atoms with Gasteiger partial charge in [0, 0.05) is 50.1 Å². The van der Waals surface area contributed by atoms with E-state index in [0.717, 1.165) is 5.56 Å². The first kappa shape index (κ1) is 45.0. The number of rotatable bonds is 10. The molecule has 302 valence electrons. The number of nitrogens with one attached hydrogen (secondary N) is 1. The number of hydrogen-bond donors (Lipinski definition) is 3. The van der Waals surface area contributed by atoms with Gasteiger partial charge in [0.25, 0.3) is 0 Å². The molecule has 1 aromatic rings. The summed E-state index contributed by atoms with van der Waals surface area (Å²) in [6.07, 6.45) is -6.28. The summed E-state index contributed by atoms with van der Waals surface area (Å²) in [6.45, 7) is 12.2. The molecule has 3 N–H and O–H groups in total. The van der Waals surface area contributed by atoms with E-state index in [1.54, 1.807) is 40.7 Å². The van der Waals surface area contributed by atoms with Crippen molar-refractivity contribution in [3.63, 3.8) is 0 Å². The van der Waals surface area contributed by atoms with Gasteiger partial charge < -0.3 is 48.9 Å². The highest BCUT2D eigenvalue weighted by molar-refractivity contribution is 6.31. The number of ether oxygens (including phenoxy) is 6. The van der Waals surface area contributed by atoms with Crippen molar-refractivity contribution < 1.29 is 53.0 Å². The van der Waals surface area contributed by atoms with Gasteiger partial charge in [0.1, 0.15) is 29.7 Å². The molecule has 0 unspecified atom stereocenters. The molecule has 2 aliphatic heterocycles. The molecule has 1 aromatic carbocycles. The van der Waals surface area contributed by atoms with E-state index in [-0.39, 0.29) is 43.7 Å². The van der Waals surface area contributed by atoms with Crippen molar-refractivity contribution >= 4 is 29.4 Å². The Hall–Kier alpha value is -2.36. The van der Waals surface area contributed by atoms with Crippen LogP contribution in [0.3, 0.4) is 0 Å². The standard InChI is InChI=1S/C39H63ClN2O11/c1-12-30-39(7,47)31(48-10)20-29(43)22(2)21-38(6,49-11)34(53-36-32(44)28(42(8)9)19-23(3)50-36)24(4)33(25(5)35(45)51-30)52-37(46)41-18-17-26-15-13-14-16-27(26)40/h13-16,22-25,28,30-34,36,44,47H,12,17-21H2,1-11H3,(H,41,46)/t22-,23-,24+,25-,28+,30-,31-,32-,33+,34-,36+,38-,39-/m1/s1. The van der Waals surface area contributed by atoms with Crippen molar-refractivity contribution in [1.82, 2.24) is 10.2 Å². The van der Waals surface area contributed by atoms with Crippen LogP contribution in [0.2, 0.25) is 5.02 Å². The lowest BCUT2D eigenvalue weighted by atomic mass is 9.76. The molecule has 2 heterocycles. The lowest BCUT2D eigenvalue weighted by Gasteiger charge is -2.48. The van der Waals surface area contributed by atoms with Crippen molar-refractivity contribution in [2.24, 2.45) is 17.8 Å². The monoisotopic (exact) mass is 770 g/mol. The Morgan fingerprint density at radius 1 is 1.11 bits per heavy atom. The molecular formula is C39H63ClN2O11. The second kappa shape index (κ2) is 19.5. The molecule has 13 nitrogen and oxygen atoms in total. The normalized spacial score (nSPS) is 37.8. The Labute approximate surface area is 320 Å². The van der Waals surface area contributed by atoms with E-state index in [0.29, 0.717) is 17.9 Å². The fraction of sp³-hybridized carbons (Fsp3) is 0.769. The van der Waals surface area contributed by atoms with Gasteiger partial charge in [0.15, 0.2) is 6.29 Å². The number of benzene rings is 1. The van der Waals surface area contributed by atoms with Crippen molar-refractivity contribution in [2.45, 2.75) is 141 Å². The average Bonchev–Trinajstić information content (AvgIpc) is 3.11. The summed E-state index contributed by atoms with van der Waals surface area (Å²) in [6, 6.07) is 7.02. The zero-order valence-electron chi connectivity index (χ0n) is 33.3. The number of aliphatic hydroxyl groups excluding tert-OH is 1. The number of esters is 1. The number of alkyl carbamates (subject to hydrolysis) is 1. The van der Waals surface area contributed by atoms with Gasteiger partial charge in [-0.25, -0.2) is 4.79 Å². The molecular weight excluding hydrogens is 708 g/mol. The third kappa shape index (κ3) is 11.1. The molecule has 0 spiro atoms. The third-order valence-corrected chi connectivity index (χ3v) is 11.6. The van der Waals surface area contributed by atoms with Crippen LogP contribution >= 0.6 is 11.6 Å². The second-order valence-corrected chi connectivity index (χ2v) is 15.9. The number of nitrogens with zero attached hydrogens (tertiary/aromatic N) is 1. The first-order chi connectivity index (χ1) is 24.8. The average molecular weight is 771 g/mol. The summed E-state index contributed by atoms with van der Waals surface area (Å²) in [4.78, 5) is 43.3. The van der Waals surface area contributed by atoms with E-state index in [4.69, 9.17) is 40.0 Å². The number of carbonyl (C=O) groups excluding carboxylic acids is 3. The Morgan fingerprint density at radius 2 is 1.77 bits per heavy atom. The fourth-order valence-corrected chi connectivity index (χ4v) is 8.01. The van der Waals surface area contributed by atoms with E-state index in [1.165, 1.54) is 21.1 Å². The van der Waals surface area contributed by atoms with Crippen LogP contribution in [0, 0.1) is 17.8 Å². The molecule has 0 radical (unpaired) electrons. The Balaban J connectivity index is 2.11. The highest BCUT2D eigenvalue weighted by Gasteiger charge is 2.52. The molecule has 1 amide bonds. The molecule has 0 saturated carbocycles. The van der Waals surface area contributed by atoms with Gasteiger partial charge >= 0.3 is 12.1 Å². The number of Topliss-reactive ketones (excluding diaryl/α,β-unsaturated/α-hetero) is 1. The maximum atomic E-state index is 14.1. The molecule has 0 bridgehead atoms. The molecule has 53 heavy (non-hydrogen) atoms. The minimum absolute atomic E-state index is 0.137. The predicted molar refractivity (Wildman–Crippen MR) is 199 cm³/mol. The molecule has 2 saturated heterocycles. The highest BCUT2D eigenvalue weighted by Crippen LogP contribution is 2.39. The van der Waals surface area contributed by atoms with Crippen molar-refractivity contribution in [2.75, 3.05) is 34.9 Å². The number of methoxy groups -OCH3 is 2. The zero-order valence-corrected chi connectivity index (χ0v) is 34.1. The number of carbonyl (C=O) groups is 3. The Bertz CT molecular complexity index is 1360. The lowest BCUT2D eigenvalue weighted by Crippen LogP contribution is -2.60. The number of aliphatic hydroxyl groups is 2. The number of halogens is 1. The smallest absolute Gasteiger partial charge is 0.407 e. The van der Waals surface area contributed by atoms with E-state index in [2.05, 4.69) is 5.32 Å². The van der Waals surface area contributed by atoms with Gasteiger partial charge in [-0.15, -0.1) is 0 Å². The largest absolute Gasteiger partial charge is 0.459 e. The van der Waals surface area contributed by atoms with Gasteiger partial charge in [-0.3, -0.25) is 9.59 Å². The summed E-state index contributed by atoms with van der Waals surface area (Å²) in [5.74, 6) is -3.45. The molecule has 14 heteroatoms. The van der Waals surface area contributed by atoms with E-state index in [9.17, 15) is 24.6 Å². The molecule has 13 atom stereocenters. The molecule has 3 rings (SSSR count). The minimum atomic E-state index is -1.74. The van der Waals surface area contributed by atoms with Gasteiger partial charge in [0.05, 0.1) is 29.8 Å². The van der Waals surface area contributed by atoms with Gasteiger partial charge in [-0.05, 0) is 79.1 Å². The first-order valence-electron chi connectivity index (χ1n) is 18.7. The molecule has 2 aliphatic rings. The van der Waals surface area contributed by atoms with Crippen molar-refractivity contribution in [1.29, 1.82) is 0 Å². The second-order valence-electron chi connectivity index (χ2n) is 15.5. The number of hydrogen-bond acceptors (Lipinski definition) is 12. The summed E-state index contributed by atoms with van der Waals surface area (Å²) in [7, 11) is 6.63. The van der Waals surface area contributed by atoms with Crippen LogP contribution in [0.5, 0.6) is 0 Å². The summed E-state index contributed by atoms with van der Waals surface area (Å²) in [5.41, 5.74) is -2.14. The number of ketones is 1. The molecule has 0 aliphatic carbocycles. The topological polar surface area (TPSA) is 162 Å². The summed E-state index contributed by atoms with van der Waals surface area (Å²) >= 11 is 6.32. The van der Waals surface area contributed by atoms with Gasteiger partial charge in [-0.1, -0.05) is 50.6 Å². The van der Waals surface area contributed by atoms with Crippen LogP contribution in [0.15, 0.2) is 24.3 Å². The van der Waals surface area contributed by atoms with Gasteiger partial charge in [0.2, 0.25) is 0 Å². The summed E-state index contributed by atoms with van der Waals surface area (Å²) in [5, 5.41) is 26.6. The Kier molecular flexibility index (Phi) is 16.6. The zero-order chi connectivity index (χ0) is 39.8. The van der Waals surface area contributed by atoms with Crippen LogP contribution in [-0.4, -0.2) is 128 Å². The van der Waals surface area contributed by atoms with Gasteiger partial charge in [-0.2, -0.15) is 0 Å². The third-order valence-electron chi connectivity index (χ3n) is 11.2. The molecule has 0 aromatic heterocycles. The maximum absolute atomic E-state index is 14.1. The van der Waals surface area contributed by atoms with Crippen LogP contribution in [0.4, 0.5) is 4.79 Å². The van der Waals surface area contributed by atoms with E-state index < -0.39 is 77.8 Å². The van der Waals surface area contributed by atoms with E-state index in [1.807, 2.05) is 44.1 Å². The van der Waals surface area contributed by atoms with Crippen LogP contribution in [0.1, 0.15) is 79.7 Å². The fourth-order valence-electron chi connectivity index (χ4n) is 7.78. The first-order valence-corrected chi connectivity index (χ1v) is 19.1. The lowest BCUT2D eigenvalue weighted by molar-refractivity contribution is -0.301. The quantitative estimate of drug-likeness (QED) is 0.285. The van der Waals surface area contributed by atoms with Crippen LogP contribution in [0.25, 0.3) is 0 Å². The summed E-state index contributed by atoms with van der Waals surface area (Å²) < 4.78 is 36.8.